The number of nitrogens with two attached hydrogens (primary N) is 1. The van der Waals surface area contributed by atoms with Gasteiger partial charge in [0.15, 0.2) is 0 Å². The molecule has 4 N–H and O–H groups in total. The van der Waals surface area contributed by atoms with Crippen LogP contribution in [0.25, 0.3) is 10.9 Å². The van der Waals surface area contributed by atoms with Crippen LogP contribution in [0.4, 0.5) is 11.6 Å². The molecule has 0 bridgehead atoms. The molecule has 2 aromatic heterocycles. The third-order valence-electron chi connectivity index (χ3n) is 5.50. The minimum absolute atomic E-state index is 0.0288. The Labute approximate surface area is 174 Å². The molecule has 0 saturated heterocycles. The van der Waals surface area contributed by atoms with Gasteiger partial charge in [0.05, 0.1) is 28.4 Å². The average molecular weight is 407 g/mol. The molecule has 0 atom stereocenters. The van der Waals surface area contributed by atoms with Gasteiger partial charge >= 0.3 is 5.97 Å². The Bertz CT molecular complexity index is 1090. The van der Waals surface area contributed by atoms with Gasteiger partial charge in [-0.1, -0.05) is 6.07 Å². The van der Waals surface area contributed by atoms with Crippen molar-refractivity contribution >= 4 is 28.5 Å². The maximum absolute atomic E-state index is 11.6. The molecule has 3 aromatic rings. The van der Waals surface area contributed by atoms with Crippen LogP contribution in [0, 0.1) is 13.8 Å². The van der Waals surface area contributed by atoms with Crippen LogP contribution in [-0.2, 0) is 0 Å². The van der Waals surface area contributed by atoms with E-state index in [0.717, 1.165) is 31.4 Å². The molecule has 0 spiro atoms. The summed E-state index contributed by atoms with van der Waals surface area (Å²) < 4.78 is 6.27. The average Bonchev–Trinajstić information content (AvgIpc) is 2.69. The van der Waals surface area contributed by atoms with Crippen LogP contribution in [0.5, 0.6) is 5.75 Å². The second-order valence-corrected chi connectivity index (χ2v) is 7.70. The van der Waals surface area contributed by atoms with Crippen molar-refractivity contribution in [2.45, 2.75) is 51.7 Å². The summed E-state index contributed by atoms with van der Waals surface area (Å²) in [5.74, 6) is 0.154. The fraction of sp³-hybridized carbons (Fsp3) is 0.364. The zero-order valence-corrected chi connectivity index (χ0v) is 17.1. The van der Waals surface area contributed by atoms with E-state index in [1.807, 2.05) is 31.2 Å². The van der Waals surface area contributed by atoms with Crippen LogP contribution in [0.3, 0.4) is 0 Å². The van der Waals surface area contributed by atoms with E-state index in [4.69, 9.17) is 10.5 Å². The quantitative estimate of drug-likeness (QED) is 0.585. The minimum Gasteiger partial charge on any atom is -0.490 e. The number of nitrogens with zero attached hydrogens (tertiary/aromatic N) is 3. The number of benzene rings is 1. The number of carboxylic acid groups (broad SMARTS) is 1. The lowest BCUT2D eigenvalue weighted by Gasteiger charge is -2.30. The van der Waals surface area contributed by atoms with E-state index in [9.17, 15) is 9.90 Å². The molecule has 30 heavy (non-hydrogen) atoms. The molecule has 8 heteroatoms. The molecule has 0 amide bonds. The number of anilines is 2. The topological polar surface area (TPSA) is 123 Å². The second kappa shape index (κ2) is 8.14. The Hall–Kier alpha value is -3.42. The Morgan fingerprint density at radius 1 is 1.17 bits per heavy atom. The normalized spacial score (nSPS) is 18.9. The van der Waals surface area contributed by atoms with Gasteiger partial charge in [0.25, 0.3) is 0 Å². The summed E-state index contributed by atoms with van der Waals surface area (Å²) in [6.45, 7) is 3.60. The highest BCUT2D eigenvalue weighted by Gasteiger charge is 2.25. The van der Waals surface area contributed by atoms with Gasteiger partial charge in [0.1, 0.15) is 11.3 Å². The number of rotatable bonds is 5. The van der Waals surface area contributed by atoms with Crippen molar-refractivity contribution in [2.75, 3.05) is 11.1 Å². The zero-order valence-electron chi connectivity index (χ0n) is 17.1. The molecule has 0 unspecified atom stereocenters. The van der Waals surface area contributed by atoms with E-state index in [1.54, 1.807) is 13.1 Å². The van der Waals surface area contributed by atoms with Gasteiger partial charge in [-0.3, -0.25) is 4.98 Å². The summed E-state index contributed by atoms with van der Waals surface area (Å²) in [5, 5.41) is 13.5. The van der Waals surface area contributed by atoms with E-state index in [1.165, 1.54) is 0 Å². The summed E-state index contributed by atoms with van der Waals surface area (Å²) in [4.78, 5) is 24.7. The molecule has 2 heterocycles. The maximum atomic E-state index is 11.6. The first-order valence-corrected chi connectivity index (χ1v) is 10.1. The summed E-state index contributed by atoms with van der Waals surface area (Å²) in [7, 11) is 0. The number of nitrogen functional groups attached to an aromatic ring is 1. The van der Waals surface area contributed by atoms with Crippen molar-refractivity contribution in [2.24, 2.45) is 0 Å². The number of hydrogen-bond donors (Lipinski definition) is 3. The number of nitrogens with one attached hydrogen (secondary N) is 1. The van der Waals surface area contributed by atoms with Crippen LogP contribution in [0.1, 0.15) is 47.4 Å². The molecular weight excluding hydrogens is 382 g/mol. The highest BCUT2D eigenvalue weighted by atomic mass is 16.5. The Balaban J connectivity index is 1.49. The molecule has 4 rings (SSSR count). The predicted molar refractivity (Wildman–Crippen MR) is 115 cm³/mol. The number of carbonyl (C=O) groups is 1. The highest BCUT2D eigenvalue weighted by Crippen LogP contribution is 2.35. The third-order valence-corrected chi connectivity index (χ3v) is 5.50. The fourth-order valence-electron chi connectivity index (χ4n) is 4.01. The molecule has 8 nitrogen and oxygen atoms in total. The van der Waals surface area contributed by atoms with Crippen molar-refractivity contribution in [3.05, 3.63) is 47.4 Å². The standard InChI is InChI=1S/C22H25N5O3/c1-12-10-11-24-22(25-12)27-14-6-8-15(9-7-14)30-17-5-3-4-16-19(17)20(23)18(21(28)29)13(2)26-16/h3-5,10-11,14-15H,6-9H2,1-2H3,(H2,23,26)(H,28,29)(H,24,25,27). The highest BCUT2D eigenvalue weighted by molar-refractivity contribution is 6.06. The molecule has 1 fully saturated rings. The first kappa shape index (κ1) is 19.9. The molecule has 0 aliphatic heterocycles. The lowest BCUT2D eigenvalue weighted by molar-refractivity contribution is 0.0697. The van der Waals surface area contributed by atoms with E-state index in [-0.39, 0.29) is 17.4 Å². The monoisotopic (exact) mass is 407 g/mol. The third kappa shape index (κ3) is 3.98. The molecule has 1 aliphatic carbocycles. The summed E-state index contributed by atoms with van der Waals surface area (Å²) in [6.07, 6.45) is 5.38. The SMILES string of the molecule is Cc1ccnc(NC2CCC(Oc3cccc4nc(C)c(C(=O)O)c(N)c34)CC2)n1. The number of pyridine rings is 1. The fourth-order valence-corrected chi connectivity index (χ4v) is 4.01. The van der Waals surface area contributed by atoms with E-state index >= 15 is 0 Å². The smallest absolute Gasteiger partial charge is 0.339 e. The van der Waals surface area contributed by atoms with Gasteiger partial charge in [-0.05, 0) is 57.7 Å². The van der Waals surface area contributed by atoms with Crippen molar-refractivity contribution in [3.8, 4) is 5.75 Å². The van der Waals surface area contributed by atoms with Crippen LogP contribution in [0.15, 0.2) is 30.5 Å². The number of aryl methyl sites for hydroxylation is 2. The summed E-state index contributed by atoms with van der Waals surface area (Å²) in [6, 6.07) is 7.67. The number of aromatic carboxylic acids is 1. The molecule has 156 valence electrons. The Morgan fingerprint density at radius 3 is 2.63 bits per heavy atom. The number of aromatic nitrogens is 3. The lowest BCUT2D eigenvalue weighted by atomic mass is 9.93. The Morgan fingerprint density at radius 2 is 1.93 bits per heavy atom. The lowest BCUT2D eigenvalue weighted by Crippen LogP contribution is -2.31. The van der Waals surface area contributed by atoms with E-state index < -0.39 is 5.97 Å². The van der Waals surface area contributed by atoms with Crippen LogP contribution in [-0.4, -0.2) is 38.2 Å². The van der Waals surface area contributed by atoms with Crippen LogP contribution >= 0.6 is 0 Å². The Kier molecular flexibility index (Phi) is 5.39. The largest absolute Gasteiger partial charge is 0.490 e. The number of fused-ring (bicyclic) bond motifs is 1. The molecular formula is C22H25N5O3. The maximum Gasteiger partial charge on any atom is 0.339 e. The van der Waals surface area contributed by atoms with Gasteiger partial charge in [0.2, 0.25) is 5.95 Å². The summed E-state index contributed by atoms with van der Waals surface area (Å²) in [5.41, 5.74) is 8.42. The van der Waals surface area contributed by atoms with Crippen molar-refractivity contribution in [1.82, 2.24) is 15.0 Å². The van der Waals surface area contributed by atoms with Gasteiger partial charge in [0, 0.05) is 17.9 Å². The van der Waals surface area contributed by atoms with Gasteiger partial charge < -0.3 is 20.9 Å². The molecule has 0 radical (unpaired) electrons. The van der Waals surface area contributed by atoms with Gasteiger partial charge in [-0.2, -0.15) is 0 Å². The molecule has 1 aliphatic rings. The minimum atomic E-state index is -1.08. The van der Waals surface area contributed by atoms with Crippen LogP contribution in [0.2, 0.25) is 0 Å². The number of carboxylic acids is 1. The zero-order chi connectivity index (χ0) is 21.3. The van der Waals surface area contributed by atoms with Crippen molar-refractivity contribution in [3.63, 3.8) is 0 Å². The molecule has 1 saturated carbocycles. The van der Waals surface area contributed by atoms with Crippen molar-refractivity contribution in [1.29, 1.82) is 0 Å². The predicted octanol–water partition coefficient (Wildman–Crippen LogP) is 3.72. The summed E-state index contributed by atoms with van der Waals surface area (Å²) >= 11 is 0. The van der Waals surface area contributed by atoms with Gasteiger partial charge in [-0.15, -0.1) is 0 Å². The van der Waals surface area contributed by atoms with E-state index in [2.05, 4.69) is 20.3 Å². The van der Waals surface area contributed by atoms with Gasteiger partial charge in [-0.25, -0.2) is 14.8 Å². The van der Waals surface area contributed by atoms with Crippen molar-refractivity contribution < 1.29 is 14.6 Å². The first-order chi connectivity index (χ1) is 14.4. The second-order valence-electron chi connectivity index (χ2n) is 7.70. The van der Waals surface area contributed by atoms with Crippen LogP contribution < -0.4 is 15.8 Å². The first-order valence-electron chi connectivity index (χ1n) is 10.1. The number of ether oxygens (including phenoxy) is 1. The molecule has 1 aromatic carbocycles. The van der Waals surface area contributed by atoms with E-state index in [0.29, 0.717) is 34.3 Å². The number of hydrogen-bond acceptors (Lipinski definition) is 7.